The third-order valence-electron chi connectivity index (χ3n) is 2.90. The summed E-state index contributed by atoms with van der Waals surface area (Å²) >= 11 is 12.0. The molecule has 1 amide bonds. The quantitative estimate of drug-likeness (QED) is 0.870. The summed E-state index contributed by atoms with van der Waals surface area (Å²) in [6.45, 7) is 1.85. The van der Waals surface area contributed by atoms with Gasteiger partial charge in [0.25, 0.3) is 0 Å². The van der Waals surface area contributed by atoms with Crippen LogP contribution in [-0.2, 0) is 4.79 Å². The van der Waals surface area contributed by atoms with Gasteiger partial charge in [0, 0.05) is 0 Å². The standard InChI is InChI=1S/C15H13Cl2NO/c1-10(11-6-3-2-4-7-11)15(19)18-13-9-5-8-12(16)14(13)17/h2-10H,1H3,(H,18,19). The number of benzene rings is 2. The van der Waals surface area contributed by atoms with Crippen LogP contribution in [0.25, 0.3) is 0 Å². The molecule has 2 aromatic rings. The molecule has 2 aromatic carbocycles. The minimum atomic E-state index is -0.253. The number of halogens is 2. The van der Waals surface area contributed by atoms with Crippen molar-refractivity contribution in [1.29, 1.82) is 0 Å². The number of anilines is 1. The lowest BCUT2D eigenvalue weighted by molar-refractivity contribution is -0.117. The van der Waals surface area contributed by atoms with Gasteiger partial charge in [-0.2, -0.15) is 0 Å². The predicted octanol–water partition coefficient (Wildman–Crippen LogP) is 4.74. The Morgan fingerprint density at radius 2 is 1.74 bits per heavy atom. The molecule has 0 spiro atoms. The number of carbonyl (C=O) groups excluding carboxylic acids is 1. The van der Waals surface area contributed by atoms with Gasteiger partial charge in [-0.1, -0.05) is 59.6 Å². The molecular weight excluding hydrogens is 281 g/mol. The minimum Gasteiger partial charge on any atom is -0.324 e. The van der Waals surface area contributed by atoms with E-state index >= 15 is 0 Å². The fourth-order valence-corrected chi connectivity index (χ4v) is 2.08. The molecule has 0 saturated heterocycles. The number of hydrogen-bond donors (Lipinski definition) is 1. The van der Waals surface area contributed by atoms with E-state index in [-0.39, 0.29) is 11.8 Å². The van der Waals surface area contributed by atoms with E-state index in [4.69, 9.17) is 23.2 Å². The highest BCUT2D eigenvalue weighted by molar-refractivity contribution is 6.44. The second-order valence-electron chi connectivity index (χ2n) is 4.22. The van der Waals surface area contributed by atoms with Gasteiger partial charge in [-0.25, -0.2) is 0 Å². The first-order valence-electron chi connectivity index (χ1n) is 5.89. The maximum atomic E-state index is 12.2. The second-order valence-corrected chi connectivity index (χ2v) is 5.01. The van der Waals surface area contributed by atoms with Crippen molar-refractivity contribution in [3.05, 3.63) is 64.1 Å². The van der Waals surface area contributed by atoms with Gasteiger partial charge in [0.2, 0.25) is 5.91 Å². The number of amides is 1. The number of carbonyl (C=O) groups is 1. The molecule has 0 aliphatic heterocycles. The number of hydrogen-bond acceptors (Lipinski definition) is 1. The molecule has 0 fully saturated rings. The zero-order valence-corrected chi connectivity index (χ0v) is 11.9. The fraction of sp³-hybridized carbons (Fsp3) is 0.133. The van der Waals surface area contributed by atoms with Crippen LogP contribution in [0, 0.1) is 0 Å². The molecule has 4 heteroatoms. The Bertz CT molecular complexity index is 584. The van der Waals surface area contributed by atoms with Gasteiger partial charge in [0.05, 0.1) is 21.7 Å². The van der Waals surface area contributed by atoms with Crippen molar-refractivity contribution < 1.29 is 4.79 Å². The molecule has 0 aliphatic carbocycles. The molecule has 2 rings (SSSR count). The Kier molecular flexibility index (Phi) is 4.46. The van der Waals surface area contributed by atoms with Crippen molar-refractivity contribution in [3.63, 3.8) is 0 Å². The molecule has 19 heavy (non-hydrogen) atoms. The van der Waals surface area contributed by atoms with Crippen LogP contribution in [0.3, 0.4) is 0 Å². The first-order chi connectivity index (χ1) is 9.09. The Balaban J connectivity index is 2.15. The maximum Gasteiger partial charge on any atom is 0.231 e. The molecule has 0 aromatic heterocycles. The molecule has 1 unspecified atom stereocenters. The summed E-state index contributed by atoms with van der Waals surface area (Å²) in [5.74, 6) is -0.369. The SMILES string of the molecule is CC(C(=O)Nc1cccc(Cl)c1Cl)c1ccccc1. The van der Waals surface area contributed by atoms with Gasteiger partial charge in [0.15, 0.2) is 0 Å². The van der Waals surface area contributed by atoms with Crippen molar-refractivity contribution in [2.75, 3.05) is 5.32 Å². The molecule has 98 valence electrons. The first-order valence-corrected chi connectivity index (χ1v) is 6.65. The largest absolute Gasteiger partial charge is 0.324 e. The average Bonchev–Trinajstić information content (AvgIpc) is 2.44. The minimum absolute atomic E-state index is 0.115. The number of rotatable bonds is 3. The van der Waals surface area contributed by atoms with Crippen molar-refractivity contribution in [2.24, 2.45) is 0 Å². The Morgan fingerprint density at radius 1 is 1.05 bits per heavy atom. The van der Waals surface area contributed by atoms with Crippen LogP contribution in [0.4, 0.5) is 5.69 Å². The van der Waals surface area contributed by atoms with Gasteiger partial charge in [0.1, 0.15) is 0 Å². The monoisotopic (exact) mass is 293 g/mol. The van der Waals surface area contributed by atoms with E-state index in [1.165, 1.54) is 0 Å². The summed E-state index contributed by atoms with van der Waals surface area (Å²) < 4.78 is 0. The second kappa shape index (κ2) is 6.09. The Morgan fingerprint density at radius 3 is 2.42 bits per heavy atom. The summed E-state index contributed by atoms with van der Waals surface area (Å²) in [5.41, 5.74) is 1.49. The molecule has 0 heterocycles. The highest BCUT2D eigenvalue weighted by atomic mass is 35.5. The smallest absolute Gasteiger partial charge is 0.231 e. The lowest BCUT2D eigenvalue weighted by Crippen LogP contribution is -2.19. The van der Waals surface area contributed by atoms with Crippen LogP contribution in [0.2, 0.25) is 10.0 Å². The van der Waals surface area contributed by atoms with Crippen LogP contribution in [0.1, 0.15) is 18.4 Å². The Hall–Kier alpha value is -1.51. The van der Waals surface area contributed by atoms with Crippen LogP contribution >= 0.6 is 23.2 Å². The van der Waals surface area contributed by atoms with Crippen molar-refractivity contribution in [2.45, 2.75) is 12.8 Å². The van der Waals surface area contributed by atoms with Crippen LogP contribution in [0.5, 0.6) is 0 Å². The highest BCUT2D eigenvalue weighted by Crippen LogP contribution is 2.30. The van der Waals surface area contributed by atoms with Gasteiger partial charge in [-0.15, -0.1) is 0 Å². The highest BCUT2D eigenvalue weighted by Gasteiger charge is 2.16. The molecule has 0 aliphatic rings. The van der Waals surface area contributed by atoms with Gasteiger partial charge in [-0.05, 0) is 24.6 Å². The van der Waals surface area contributed by atoms with E-state index in [1.54, 1.807) is 18.2 Å². The van der Waals surface area contributed by atoms with Gasteiger partial charge in [-0.3, -0.25) is 4.79 Å². The van der Waals surface area contributed by atoms with Crippen LogP contribution < -0.4 is 5.32 Å². The van der Waals surface area contributed by atoms with E-state index in [0.717, 1.165) is 5.56 Å². The lowest BCUT2D eigenvalue weighted by Gasteiger charge is -2.13. The van der Waals surface area contributed by atoms with Crippen molar-refractivity contribution >= 4 is 34.8 Å². The summed E-state index contributed by atoms with van der Waals surface area (Å²) in [4.78, 5) is 12.2. The van der Waals surface area contributed by atoms with E-state index in [0.29, 0.717) is 15.7 Å². The fourth-order valence-electron chi connectivity index (χ4n) is 1.73. The molecule has 1 N–H and O–H groups in total. The van der Waals surface area contributed by atoms with Crippen LogP contribution in [0.15, 0.2) is 48.5 Å². The maximum absolute atomic E-state index is 12.2. The summed E-state index contributed by atoms with van der Waals surface area (Å²) in [7, 11) is 0. The summed E-state index contributed by atoms with van der Waals surface area (Å²) in [6, 6.07) is 14.7. The Labute approximate surface area is 122 Å². The van der Waals surface area contributed by atoms with Crippen molar-refractivity contribution in [1.82, 2.24) is 0 Å². The first kappa shape index (κ1) is 13.9. The molecule has 0 radical (unpaired) electrons. The predicted molar refractivity (Wildman–Crippen MR) is 79.9 cm³/mol. The third-order valence-corrected chi connectivity index (χ3v) is 3.72. The lowest BCUT2D eigenvalue weighted by atomic mass is 10.0. The molecule has 2 nitrogen and oxygen atoms in total. The summed E-state index contributed by atoms with van der Waals surface area (Å²) in [5, 5.41) is 3.58. The van der Waals surface area contributed by atoms with Gasteiger partial charge < -0.3 is 5.32 Å². The van der Waals surface area contributed by atoms with E-state index < -0.39 is 0 Å². The molecular formula is C15H13Cl2NO. The molecule has 1 atom stereocenters. The number of nitrogens with one attached hydrogen (secondary N) is 1. The van der Waals surface area contributed by atoms with Gasteiger partial charge >= 0.3 is 0 Å². The topological polar surface area (TPSA) is 29.1 Å². The molecule has 0 bridgehead atoms. The average molecular weight is 294 g/mol. The van der Waals surface area contributed by atoms with E-state index in [9.17, 15) is 4.79 Å². The zero-order valence-electron chi connectivity index (χ0n) is 10.4. The third kappa shape index (κ3) is 3.28. The zero-order chi connectivity index (χ0) is 13.8. The van der Waals surface area contributed by atoms with E-state index in [2.05, 4.69) is 5.32 Å². The van der Waals surface area contributed by atoms with Crippen molar-refractivity contribution in [3.8, 4) is 0 Å². The van der Waals surface area contributed by atoms with Crippen LogP contribution in [-0.4, -0.2) is 5.91 Å². The summed E-state index contributed by atoms with van der Waals surface area (Å²) in [6.07, 6.45) is 0. The van der Waals surface area contributed by atoms with E-state index in [1.807, 2.05) is 37.3 Å². The normalized spacial score (nSPS) is 11.9. The molecule has 0 saturated carbocycles.